The van der Waals surface area contributed by atoms with Crippen molar-refractivity contribution in [3.05, 3.63) is 23.3 Å². The molecule has 1 aromatic rings. The van der Waals surface area contributed by atoms with Crippen molar-refractivity contribution in [3.63, 3.8) is 0 Å². The summed E-state index contributed by atoms with van der Waals surface area (Å²) in [5.74, 6) is 1.11. The number of aryl methyl sites for hydroxylation is 1. The van der Waals surface area contributed by atoms with Gasteiger partial charge >= 0.3 is 0 Å². The van der Waals surface area contributed by atoms with Crippen molar-refractivity contribution in [1.82, 2.24) is 0 Å². The third-order valence-corrected chi connectivity index (χ3v) is 4.23. The van der Waals surface area contributed by atoms with Gasteiger partial charge in [0.15, 0.2) is 0 Å². The highest BCUT2D eigenvalue weighted by molar-refractivity contribution is 6.71. The van der Waals surface area contributed by atoms with Gasteiger partial charge in [-0.2, -0.15) is 0 Å². The van der Waals surface area contributed by atoms with E-state index in [4.69, 9.17) is 4.74 Å². The van der Waals surface area contributed by atoms with Crippen LogP contribution in [0.4, 0.5) is 0 Å². The molecule has 0 unspecified atom stereocenters. The van der Waals surface area contributed by atoms with Crippen molar-refractivity contribution in [2.75, 3.05) is 7.11 Å². The van der Waals surface area contributed by atoms with Crippen LogP contribution in [0.25, 0.3) is 0 Å². The highest BCUT2D eigenvalue weighted by Gasteiger charge is 2.22. The third-order valence-electron chi connectivity index (χ3n) is 2.78. The van der Waals surface area contributed by atoms with E-state index in [9.17, 15) is 0 Å². The molecule has 0 saturated carbocycles. The average Bonchev–Trinajstić information content (AvgIpc) is 2.14. The standard InChI is InChI=1S/C14H23OSi/c1-10-8-11(14(2,3)4)13(15-5)12(9-10)16(6)7/h8-9H,1-7H3. The minimum atomic E-state index is -0.483. The fourth-order valence-corrected chi connectivity index (χ4v) is 3.13. The summed E-state index contributed by atoms with van der Waals surface area (Å²) in [7, 11) is 1.30. The van der Waals surface area contributed by atoms with Crippen LogP contribution in [0.1, 0.15) is 31.9 Å². The molecule has 1 radical (unpaired) electrons. The van der Waals surface area contributed by atoms with E-state index in [-0.39, 0.29) is 5.41 Å². The van der Waals surface area contributed by atoms with Gasteiger partial charge in [-0.05, 0) is 23.1 Å². The average molecular weight is 235 g/mol. The zero-order chi connectivity index (χ0) is 12.5. The third kappa shape index (κ3) is 2.67. The molecular formula is C14H23OSi. The lowest BCUT2D eigenvalue weighted by Gasteiger charge is -2.25. The van der Waals surface area contributed by atoms with Gasteiger partial charge in [-0.3, -0.25) is 0 Å². The zero-order valence-electron chi connectivity index (χ0n) is 11.6. The van der Waals surface area contributed by atoms with Gasteiger partial charge in [0.2, 0.25) is 0 Å². The molecule has 0 aliphatic rings. The summed E-state index contributed by atoms with van der Waals surface area (Å²) in [6, 6.07) is 4.54. The Kier molecular flexibility index (Phi) is 3.84. The lowest BCUT2D eigenvalue weighted by Crippen LogP contribution is -2.28. The Morgan fingerprint density at radius 1 is 1.12 bits per heavy atom. The molecule has 89 valence electrons. The Bertz CT molecular complexity index is 375. The molecule has 0 atom stereocenters. The maximum absolute atomic E-state index is 5.64. The largest absolute Gasteiger partial charge is 0.497 e. The second kappa shape index (κ2) is 4.62. The van der Waals surface area contributed by atoms with Crippen LogP contribution in [0.15, 0.2) is 12.1 Å². The Morgan fingerprint density at radius 2 is 1.69 bits per heavy atom. The number of hydrogen-bond acceptors (Lipinski definition) is 1. The molecule has 0 amide bonds. The molecule has 2 heteroatoms. The predicted octanol–water partition coefficient (Wildman–Crippen LogP) is 3.26. The van der Waals surface area contributed by atoms with Gasteiger partial charge in [0.25, 0.3) is 0 Å². The van der Waals surface area contributed by atoms with Gasteiger partial charge in [0, 0.05) is 0 Å². The first-order chi connectivity index (χ1) is 7.27. The van der Waals surface area contributed by atoms with Crippen LogP contribution >= 0.6 is 0 Å². The molecule has 1 aromatic carbocycles. The topological polar surface area (TPSA) is 9.23 Å². The van der Waals surface area contributed by atoms with Crippen LogP contribution in [0.3, 0.4) is 0 Å². The number of methoxy groups -OCH3 is 1. The number of benzene rings is 1. The summed E-state index contributed by atoms with van der Waals surface area (Å²) in [6.45, 7) is 13.5. The van der Waals surface area contributed by atoms with Crippen molar-refractivity contribution in [3.8, 4) is 5.75 Å². The van der Waals surface area contributed by atoms with Gasteiger partial charge in [0.05, 0.1) is 15.9 Å². The van der Waals surface area contributed by atoms with Gasteiger partial charge < -0.3 is 4.74 Å². The van der Waals surface area contributed by atoms with E-state index >= 15 is 0 Å². The maximum atomic E-state index is 5.64. The Hall–Kier alpha value is -0.763. The van der Waals surface area contributed by atoms with Crippen molar-refractivity contribution in [2.45, 2.75) is 46.2 Å². The van der Waals surface area contributed by atoms with E-state index in [1.54, 1.807) is 7.11 Å². The van der Waals surface area contributed by atoms with E-state index in [2.05, 4.69) is 52.9 Å². The molecule has 16 heavy (non-hydrogen) atoms. The molecule has 0 N–H and O–H groups in total. The molecule has 0 fully saturated rings. The minimum absolute atomic E-state index is 0.142. The lowest BCUT2D eigenvalue weighted by atomic mass is 9.85. The molecule has 0 aliphatic carbocycles. The van der Waals surface area contributed by atoms with E-state index in [1.165, 1.54) is 16.3 Å². The van der Waals surface area contributed by atoms with E-state index < -0.39 is 8.80 Å². The van der Waals surface area contributed by atoms with Crippen LogP contribution in [-0.2, 0) is 5.41 Å². The Morgan fingerprint density at radius 3 is 2.06 bits per heavy atom. The summed E-state index contributed by atoms with van der Waals surface area (Å²) >= 11 is 0. The fraction of sp³-hybridized carbons (Fsp3) is 0.571. The van der Waals surface area contributed by atoms with Gasteiger partial charge in [-0.1, -0.05) is 51.6 Å². The SMILES string of the molecule is COc1c([Si](C)C)cc(C)cc1C(C)(C)C. The number of rotatable bonds is 2. The monoisotopic (exact) mass is 235 g/mol. The summed E-state index contributed by atoms with van der Waals surface area (Å²) < 4.78 is 5.64. The van der Waals surface area contributed by atoms with Gasteiger partial charge in [-0.25, -0.2) is 0 Å². The van der Waals surface area contributed by atoms with Crippen LogP contribution in [0.2, 0.25) is 13.1 Å². The predicted molar refractivity (Wildman–Crippen MR) is 73.5 cm³/mol. The first-order valence-electron chi connectivity index (χ1n) is 5.77. The van der Waals surface area contributed by atoms with Gasteiger partial charge in [-0.15, -0.1) is 0 Å². The first kappa shape index (κ1) is 13.3. The molecule has 0 saturated heterocycles. The minimum Gasteiger partial charge on any atom is -0.497 e. The number of hydrogen-bond donors (Lipinski definition) is 0. The van der Waals surface area contributed by atoms with Gasteiger partial charge in [0.1, 0.15) is 5.75 Å². The second-order valence-electron chi connectivity index (χ2n) is 5.64. The van der Waals surface area contributed by atoms with Crippen LogP contribution in [-0.4, -0.2) is 15.9 Å². The van der Waals surface area contributed by atoms with Crippen molar-refractivity contribution < 1.29 is 4.74 Å². The maximum Gasteiger partial charge on any atom is 0.121 e. The molecule has 1 rings (SSSR count). The van der Waals surface area contributed by atoms with Crippen LogP contribution < -0.4 is 9.92 Å². The molecular weight excluding hydrogens is 212 g/mol. The lowest BCUT2D eigenvalue weighted by molar-refractivity contribution is 0.400. The normalized spacial score (nSPS) is 12.0. The summed E-state index contributed by atoms with van der Waals surface area (Å²) in [5, 5.41) is 1.41. The van der Waals surface area contributed by atoms with Crippen molar-refractivity contribution in [2.24, 2.45) is 0 Å². The van der Waals surface area contributed by atoms with Crippen LogP contribution in [0.5, 0.6) is 5.75 Å². The molecule has 0 aromatic heterocycles. The second-order valence-corrected chi connectivity index (χ2v) is 8.18. The molecule has 0 spiro atoms. The smallest absolute Gasteiger partial charge is 0.121 e. The first-order valence-corrected chi connectivity index (χ1v) is 8.27. The highest BCUT2D eigenvalue weighted by atomic mass is 28.3. The summed E-state index contributed by atoms with van der Waals surface area (Å²) in [6.07, 6.45) is 0. The fourth-order valence-electron chi connectivity index (χ4n) is 1.92. The number of ether oxygens (including phenoxy) is 1. The van der Waals surface area contributed by atoms with E-state index in [0.29, 0.717) is 0 Å². The molecule has 1 nitrogen and oxygen atoms in total. The summed E-state index contributed by atoms with van der Waals surface area (Å²) in [5.41, 5.74) is 2.81. The Labute approximate surface area is 101 Å². The van der Waals surface area contributed by atoms with Crippen LogP contribution in [0, 0.1) is 6.92 Å². The molecule has 0 heterocycles. The zero-order valence-corrected chi connectivity index (χ0v) is 12.6. The quantitative estimate of drug-likeness (QED) is 0.715. The Balaban J connectivity index is 3.49. The van der Waals surface area contributed by atoms with Crippen molar-refractivity contribution >= 4 is 14.0 Å². The molecule has 0 aliphatic heterocycles. The molecule has 0 bridgehead atoms. The van der Waals surface area contributed by atoms with E-state index in [0.717, 1.165) is 5.75 Å². The summed E-state index contributed by atoms with van der Waals surface area (Å²) in [4.78, 5) is 0. The highest BCUT2D eigenvalue weighted by Crippen LogP contribution is 2.31. The van der Waals surface area contributed by atoms with Crippen molar-refractivity contribution in [1.29, 1.82) is 0 Å². The van der Waals surface area contributed by atoms with E-state index in [1.807, 2.05) is 0 Å².